The predicted molar refractivity (Wildman–Crippen MR) is 66.9 cm³/mol. The minimum absolute atomic E-state index is 0.450. The van der Waals surface area contributed by atoms with Crippen molar-refractivity contribution >= 4 is 11.8 Å². The SMILES string of the molecule is c1c[nH]c(-c2noc(CC3CSCCN3)n2)c1. The first-order valence-electron chi connectivity index (χ1n) is 5.69. The van der Waals surface area contributed by atoms with Gasteiger partial charge in [-0.15, -0.1) is 0 Å². The highest BCUT2D eigenvalue weighted by atomic mass is 32.2. The van der Waals surface area contributed by atoms with Crippen molar-refractivity contribution in [2.75, 3.05) is 18.1 Å². The van der Waals surface area contributed by atoms with Gasteiger partial charge in [-0.25, -0.2) is 0 Å². The Morgan fingerprint density at radius 2 is 2.53 bits per heavy atom. The Bertz CT molecular complexity index is 462. The molecule has 3 heterocycles. The molecule has 90 valence electrons. The fraction of sp³-hybridized carbons (Fsp3) is 0.455. The molecule has 1 unspecified atom stereocenters. The van der Waals surface area contributed by atoms with Crippen LogP contribution < -0.4 is 5.32 Å². The summed E-state index contributed by atoms with van der Waals surface area (Å²) in [6, 6.07) is 4.30. The van der Waals surface area contributed by atoms with E-state index in [1.54, 1.807) is 0 Å². The summed E-state index contributed by atoms with van der Waals surface area (Å²) in [7, 11) is 0. The molecule has 0 aliphatic carbocycles. The number of hydrogen-bond acceptors (Lipinski definition) is 5. The van der Waals surface area contributed by atoms with Gasteiger partial charge in [0.2, 0.25) is 11.7 Å². The van der Waals surface area contributed by atoms with Crippen LogP contribution in [0.15, 0.2) is 22.9 Å². The van der Waals surface area contributed by atoms with Crippen LogP contribution in [0.4, 0.5) is 0 Å². The lowest BCUT2D eigenvalue weighted by molar-refractivity contribution is 0.363. The lowest BCUT2D eigenvalue weighted by Crippen LogP contribution is -2.38. The Labute approximate surface area is 103 Å². The van der Waals surface area contributed by atoms with Gasteiger partial charge in [0.05, 0.1) is 5.69 Å². The zero-order valence-electron chi connectivity index (χ0n) is 9.35. The first-order chi connectivity index (χ1) is 8.42. The van der Waals surface area contributed by atoms with Crippen molar-refractivity contribution in [3.8, 4) is 11.5 Å². The molecule has 0 aromatic carbocycles. The fourth-order valence-electron chi connectivity index (χ4n) is 1.88. The molecule has 2 aromatic heterocycles. The molecule has 2 N–H and O–H groups in total. The van der Waals surface area contributed by atoms with Crippen LogP contribution in [0.1, 0.15) is 5.89 Å². The topological polar surface area (TPSA) is 66.7 Å². The molecule has 1 atom stereocenters. The van der Waals surface area contributed by atoms with E-state index >= 15 is 0 Å². The molecule has 6 heteroatoms. The second-order valence-electron chi connectivity index (χ2n) is 4.03. The summed E-state index contributed by atoms with van der Waals surface area (Å²) in [5, 5.41) is 7.43. The van der Waals surface area contributed by atoms with Crippen LogP contribution in [0.25, 0.3) is 11.5 Å². The van der Waals surface area contributed by atoms with Crippen LogP contribution >= 0.6 is 11.8 Å². The molecular weight excluding hydrogens is 236 g/mol. The van der Waals surface area contributed by atoms with E-state index in [0.29, 0.717) is 17.8 Å². The molecule has 0 radical (unpaired) electrons. The summed E-state index contributed by atoms with van der Waals surface area (Å²) >= 11 is 1.97. The Morgan fingerprint density at radius 1 is 1.53 bits per heavy atom. The summed E-state index contributed by atoms with van der Waals surface area (Å²) in [6.07, 6.45) is 2.66. The molecule has 0 bridgehead atoms. The number of hydrogen-bond donors (Lipinski definition) is 2. The Kier molecular flexibility index (Phi) is 3.15. The summed E-state index contributed by atoms with van der Waals surface area (Å²) in [4.78, 5) is 7.45. The van der Waals surface area contributed by atoms with Gasteiger partial charge in [0.25, 0.3) is 0 Å². The molecule has 0 saturated carbocycles. The molecule has 0 amide bonds. The molecule has 17 heavy (non-hydrogen) atoms. The Morgan fingerprint density at radius 3 is 3.29 bits per heavy atom. The fourth-order valence-corrected chi connectivity index (χ4v) is 2.83. The van der Waals surface area contributed by atoms with Gasteiger partial charge in [-0.3, -0.25) is 0 Å². The molecular formula is C11H14N4OS. The van der Waals surface area contributed by atoms with Crippen molar-refractivity contribution < 1.29 is 4.52 Å². The summed E-state index contributed by atoms with van der Waals surface area (Å²) in [6.45, 7) is 1.06. The largest absolute Gasteiger partial charge is 0.359 e. The monoisotopic (exact) mass is 250 g/mol. The van der Waals surface area contributed by atoms with Crippen molar-refractivity contribution in [1.29, 1.82) is 0 Å². The number of nitrogens with one attached hydrogen (secondary N) is 2. The van der Waals surface area contributed by atoms with E-state index in [-0.39, 0.29) is 0 Å². The van der Waals surface area contributed by atoms with E-state index in [9.17, 15) is 0 Å². The Hall–Kier alpha value is -1.27. The third kappa shape index (κ3) is 2.53. The van der Waals surface area contributed by atoms with Crippen molar-refractivity contribution in [2.24, 2.45) is 0 Å². The van der Waals surface area contributed by atoms with E-state index in [0.717, 1.165) is 24.4 Å². The minimum Gasteiger partial charge on any atom is -0.359 e. The predicted octanol–water partition coefficient (Wildman–Crippen LogP) is 1.31. The zero-order chi connectivity index (χ0) is 11.5. The lowest BCUT2D eigenvalue weighted by Gasteiger charge is -2.21. The first-order valence-corrected chi connectivity index (χ1v) is 6.85. The maximum absolute atomic E-state index is 5.26. The molecule has 2 aromatic rings. The highest BCUT2D eigenvalue weighted by molar-refractivity contribution is 7.99. The highest BCUT2D eigenvalue weighted by Crippen LogP contribution is 2.15. The Balaban J connectivity index is 1.68. The number of rotatable bonds is 3. The minimum atomic E-state index is 0.450. The van der Waals surface area contributed by atoms with Gasteiger partial charge < -0.3 is 14.8 Å². The van der Waals surface area contributed by atoms with Gasteiger partial charge in [-0.2, -0.15) is 16.7 Å². The number of aromatic nitrogens is 3. The third-order valence-electron chi connectivity index (χ3n) is 2.73. The van der Waals surface area contributed by atoms with Crippen molar-refractivity contribution in [1.82, 2.24) is 20.4 Å². The standard InChI is InChI=1S/C11H14N4OS/c1-2-9(13-3-1)11-14-10(16-15-11)6-8-7-17-5-4-12-8/h1-3,8,12-13H,4-7H2. The molecule has 5 nitrogen and oxygen atoms in total. The highest BCUT2D eigenvalue weighted by Gasteiger charge is 2.17. The van der Waals surface area contributed by atoms with Crippen LogP contribution in [0, 0.1) is 0 Å². The van der Waals surface area contributed by atoms with Gasteiger partial charge in [0.1, 0.15) is 0 Å². The summed E-state index contributed by atoms with van der Waals surface area (Å²) in [5.74, 6) is 3.64. The van der Waals surface area contributed by atoms with Crippen molar-refractivity contribution in [3.05, 3.63) is 24.2 Å². The summed E-state index contributed by atoms with van der Waals surface area (Å²) in [5.41, 5.74) is 0.894. The van der Waals surface area contributed by atoms with Crippen LogP contribution in [0.2, 0.25) is 0 Å². The zero-order valence-corrected chi connectivity index (χ0v) is 10.2. The molecule has 0 spiro atoms. The normalized spacial score (nSPS) is 20.6. The van der Waals surface area contributed by atoms with E-state index in [1.807, 2.05) is 30.1 Å². The maximum Gasteiger partial charge on any atom is 0.228 e. The maximum atomic E-state index is 5.26. The molecule has 1 aliphatic rings. The first kappa shape index (κ1) is 10.9. The third-order valence-corrected chi connectivity index (χ3v) is 3.86. The van der Waals surface area contributed by atoms with Crippen LogP contribution in [-0.4, -0.2) is 39.2 Å². The second kappa shape index (κ2) is 4.93. The molecule has 1 fully saturated rings. The van der Waals surface area contributed by atoms with Crippen molar-refractivity contribution in [2.45, 2.75) is 12.5 Å². The van der Waals surface area contributed by atoms with Crippen LogP contribution in [-0.2, 0) is 6.42 Å². The number of nitrogens with zero attached hydrogens (tertiary/aromatic N) is 2. The molecule has 1 saturated heterocycles. The van der Waals surface area contributed by atoms with Crippen molar-refractivity contribution in [3.63, 3.8) is 0 Å². The second-order valence-corrected chi connectivity index (χ2v) is 5.18. The van der Waals surface area contributed by atoms with Gasteiger partial charge in [-0.05, 0) is 12.1 Å². The molecule has 1 aliphatic heterocycles. The van der Waals surface area contributed by atoms with Gasteiger partial charge in [0, 0.05) is 36.7 Å². The average Bonchev–Trinajstić information content (AvgIpc) is 3.00. The van der Waals surface area contributed by atoms with E-state index < -0.39 is 0 Å². The van der Waals surface area contributed by atoms with Gasteiger partial charge >= 0.3 is 0 Å². The summed E-state index contributed by atoms with van der Waals surface area (Å²) < 4.78 is 5.26. The number of H-pyrrole nitrogens is 1. The van der Waals surface area contributed by atoms with Crippen LogP contribution in [0.3, 0.4) is 0 Å². The lowest BCUT2D eigenvalue weighted by atomic mass is 10.2. The van der Waals surface area contributed by atoms with Crippen LogP contribution in [0.5, 0.6) is 0 Å². The quantitative estimate of drug-likeness (QED) is 0.860. The number of aromatic amines is 1. The smallest absolute Gasteiger partial charge is 0.228 e. The molecule has 3 rings (SSSR count). The van der Waals surface area contributed by atoms with E-state index in [1.165, 1.54) is 5.75 Å². The van der Waals surface area contributed by atoms with E-state index in [4.69, 9.17) is 4.52 Å². The average molecular weight is 250 g/mol. The van der Waals surface area contributed by atoms with Gasteiger partial charge in [0.15, 0.2) is 0 Å². The van der Waals surface area contributed by atoms with E-state index in [2.05, 4.69) is 20.4 Å². The number of thioether (sulfide) groups is 1. The van der Waals surface area contributed by atoms with Gasteiger partial charge in [-0.1, -0.05) is 5.16 Å².